The molecule has 33 heavy (non-hydrogen) atoms. The summed E-state index contributed by atoms with van der Waals surface area (Å²) in [5.41, 5.74) is 3.48. The normalized spacial score (nSPS) is 15.3. The van der Waals surface area contributed by atoms with Crippen LogP contribution in [0.4, 0.5) is 0 Å². The van der Waals surface area contributed by atoms with Gasteiger partial charge >= 0.3 is 0 Å². The van der Waals surface area contributed by atoms with Crippen LogP contribution in [0.2, 0.25) is 10.0 Å². The number of amides is 2. The number of thiophene rings is 1. The minimum atomic E-state index is -0.297. The van der Waals surface area contributed by atoms with Crippen LogP contribution in [0.5, 0.6) is 0 Å². The number of hydrogen-bond acceptors (Lipinski definition) is 3. The zero-order chi connectivity index (χ0) is 23.5. The van der Waals surface area contributed by atoms with E-state index in [4.69, 9.17) is 23.2 Å². The van der Waals surface area contributed by atoms with Crippen LogP contribution in [0.1, 0.15) is 51.3 Å². The smallest absolute Gasteiger partial charge is 0.254 e. The number of carbonyl (C=O) groups excluding carboxylic acids is 2. The first-order chi connectivity index (χ1) is 15.9. The fourth-order valence-corrected chi connectivity index (χ4v) is 5.82. The Hall–Kier alpha value is -2.34. The molecule has 2 amide bonds. The molecular weight excluding hydrogens is 475 g/mol. The van der Waals surface area contributed by atoms with Crippen LogP contribution >= 0.6 is 34.5 Å². The molecule has 1 atom stereocenters. The van der Waals surface area contributed by atoms with Crippen molar-refractivity contribution >= 4 is 46.4 Å². The average molecular weight is 501 g/mol. The summed E-state index contributed by atoms with van der Waals surface area (Å²) in [7, 11) is 0. The molecule has 0 unspecified atom stereocenters. The van der Waals surface area contributed by atoms with Crippen LogP contribution in [0.15, 0.2) is 53.9 Å². The monoisotopic (exact) mass is 500 g/mol. The molecule has 7 heteroatoms. The summed E-state index contributed by atoms with van der Waals surface area (Å²) in [5, 5.41) is 3.15. The number of aryl methyl sites for hydroxylation is 1. The SMILES string of the molecule is CCCN(CC(=O)N1CCc2sccc2[C@H]1c1ccc(Cl)cc1Cl)C(=O)c1ccccc1C. The lowest BCUT2D eigenvalue weighted by Gasteiger charge is -2.38. The summed E-state index contributed by atoms with van der Waals surface area (Å²) in [6, 6.07) is 14.7. The number of carbonyl (C=O) groups is 2. The van der Waals surface area contributed by atoms with Gasteiger partial charge in [0.25, 0.3) is 5.91 Å². The van der Waals surface area contributed by atoms with Gasteiger partial charge in [-0.25, -0.2) is 0 Å². The number of rotatable bonds is 6. The van der Waals surface area contributed by atoms with Gasteiger partial charge in [-0.1, -0.05) is 54.4 Å². The van der Waals surface area contributed by atoms with Crippen LogP contribution < -0.4 is 0 Å². The second kappa shape index (κ2) is 10.3. The van der Waals surface area contributed by atoms with E-state index >= 15 is 0 Å². The molecule has 0 radical (unpaired) electrons. The molecule has 1 aromatic heterocycles. The molecule has 1 aliphatic heterocycles. The molecule has 0 saturated heterocycles. The Bertz CT molecular complexity index is 1180. The average Bonchev–Trinajstić information content (AvgIpc) is 3.27. The van der Waals surface area contributed by atoms with Crippen LogP contribution in [0.25, 0.3) is 0 Å². The molecule has 172 valence electrons. The molecule has 0 fully saturated rings. The zero-order valence-corrected chi connectivity index (χ0v) is 21.0. The largest absolute Gasteiger partial charge is 0.330 e. The molecule has 2 heterocycles. The van der Waals surface area contributed by atoms with Crippen LogP contribution in [0, 0.1) is 6.92 Å². The molecule has 3 aromatic rings. The molecule has 0 N–H and O–H groups in total. The quantitative estimate of drug-likeness (QED) is 0.393. The van der Waals surface area contributed by atoms with Crippen molar-refractivity contribution in [1.29, 1.82) is 0 Å². The molecule has 1 aliphatic rings. The number of halogens is 2. The lowest BCUT2D eigenvalue weighted by molar-refractivity contribution is -0.134. The summed E-state index contributed by atoms with van der Waals surface area (Å²) < 4.78 is 0. The maximum atomic E-state index is 13.7. The van der Waals surface area contributed by atoms with Crippen LogP contribution in [0.3, 0.4) is 0 Å². The highest BCUT2D eigenvalue weighted by Gasteiger charge is 2.35. The van der Waals surface area contributed by atoms with Crippen LogP contribution in [-0.4, -0.2) is 41.2 Å². The Labute approximate surface area is 208 Å². The van der Waals surface area contributed by atoms with Crippen molar-refractivity contribution in [2.24, 2.45) is 0 Å². The predicted octanol–water partition coefficient (Wildman–Crippen LogP) is 6.39. The zero-order valence-electron chi connectivity index (χ0n) is 18.7. The molecule has 4 nitrogen and oxygen atoms in total. The lowest BCUT2D eigenvalue weighted by atomic mass is 9.93. The van der Waals surface area contributed by atoms with Crippen molar-refractivity contribution in [2.75, 3.05) is 19.6 Å². The third-order valence-electron chi connectivity index (χ3n) is 6.03. The second-order valence-corrected chi connectivity index (χ2v) is 10.1. The predicted molar refractivity (Wildman–Crippen MR) is 135 cm³/mol. The maximum Gasteiger partial charge on any atom is 0.254 e. The van der Waals surface area contributed by atoms with Gasteiger partial charge in [0.2, 0.25) is 5.91 Å². The van der Waals surface area contributed by atoms with E-state index in [9.17, 15) is 9.59 Å². The van der Waals surface area contributed by atoms with E-state index in [-0.39, 0.29) is 24.4 Å². The highest BCUT2D eigenvalue weighted by molar-refractivity contribution is 7.10. The van der Waals surface area contributed by atoms with Crippen molar-refractivity contribution in [3.8, 4) is 0 Å². The van der Waals surface area contributed by atoms with Gasteiger partial charge in [0.15, 0.2) is 0 Å². The number of hydrogen-bond donors (Lipinski definition) is 0. The van der Waals surface area contributed by atoms with Crippen molar-refractivity contribution in [3.05, 3.63) is 91.1 Å². The molecule has 0 bridgehead atoms. The summed E-state index contributed by atoms with van der Waals surface area (Å²) in [5.74, 6) is -0.198. The molecule has 0 spiro atoms. The first kappa shape index (κ1) is 23.8. The van der Waals surface area contributed by atoms with E-state index in [0.717, 1.165) is 29.5 Å². The number of benzene rings is 2. The van der Waals surface area contributed by atoms with E-state index in [0.29, 0.717) is 28.7 Å². The van der Waals surface area contributed by atoms with Gasteiger partial charge in [-0.15, -0.1) is 11.3 Å². The van der Waals surface area contributed by atoms with Crippen molar-refractivity contribution in [3.63, 3.8) is 0 Å². The van der Waals surface area contributed by atoms with Gasteiger partial charge in [0.1, 0.15) is 6.54 Å². The fourth-order valence-electron chi connectivity index (χ4n) is 4.40. The lowest BCUT2D eigenvalue weighted by Crippen LogP contribution is -2.47. The third kappa shape index (κ3) is 4.96. The first-order valence-electron chi connectivity index (χ1n) is 11.1. The Morgan fingerprint density at radius 2 is 1.91 bits per heavy atom. The van der Waals surface area contributed by atoms with Gasteiger partial charge < -0.3 is 9.80 Å². The van der Waals surface area contributed by atoms with E-state index < -0.39 is 0 Å². The van der Waals surface area contributed by atoms with Gasteiger partial charge in [-0.05, 0) is 66.1 Å². The molecule has 0 saturated carbocycles. The van der Waals surface area contributed by atoms with E-state index in [1.165, 1.54) is 4.88 Å². The standard InChI is InChI=1S/C26H26Cl2N2O2S/c1-3-12-29(26(32)19-7-5-4-6-17(19)2)16-24(31)30-13-10-23-21(11-14-33-23)25(30)20-9-8-18(27)15-22(20)28/h4-9,11,14-15,25H,3,10,12-13,16H2,1-2H3/t25-/m1/s1. The summed E-state index contributed by atoms with van der Waals surface area (Å²) >= 11 is 14.4. The van der Waals surface area contributed by atoms with Gasteiger partial charge in [-0.2, -0.15) is 0 Å². The molecule has 2 aromatic carbocycles. The number of nitrogens with zero attached hydrogens (tertiary/aromatic N) is 2. The summed E-state index contributed by atoms with van der Waals surface area (Å²) in [4.78, 5) is 31.7. The summed E-state index contributed by atoms with van der Waals surface area (Å²) in [6.45, 7) is 5.05. The van der Waals surface area contributed by atoms with Crippen molar-refractivity contribution < 1.29 is 9.59 Å². The van der Waals surface area contributed by atoms with Crippen molar-refractivity contribution in [1.82, 2.24) is 9.80 Å². The second-order valence-electron chi connectivity index (χ2n) is 8.25. The Morgan fingerprint density at radius 3 is 2.64 bits per heavy atom. The van der Waals surface area contributed by atoms with E-state index in [1.807, 2.05) is 49.1 Å². The maximum absolute atomic E-state index is 13.7. The minimum Gasteiger partial charge on any atom is -0.330 e. The van der Waals surface area contributed by atoms with Gasteiger partial charge in [0.05, 0.1) is 6.04 Å². The molecule has 0 aliphatic carbocycles. The van der Waals surface area contributed by atoms with Gasteiger partial charge in [0, 0.05) is 33.6 Å². The molecular formula is C26H26Cl2N2O2S. The fraction of sp³-hybridized carbons (Fsp3) is 0.308. The third-order valence-corrected chi connectivity index (χ3v) is 7.58. The Balaban J connectivity index is 1.65. The van der Waals surface area contributed by atoms with Crippen LogP contribution in [-0.2, 0) is 11.2 Å². The van der Waals surface area contributed by atoms with E-state index in [1.54, 1.807) is 28.4 Å². The first-order valence-corrected chi connectivity index (χ1v) is 12.7. The molecule has 4 rings (SSSR count). The minimum absolute atomic E-state index is 0.0299. The number of fused-ring (bicyclic) bond motifs is 1. The highest BCUT2D eigenvalue weighted by Crippen LogP contribution is 2.41. The van der Waals surface area contributed by atoms with Crippen molar-refractivity contribution in [2.45, 2.75) is 32.7 Å². The Kier molecular flexibility index (Phi) is 7.42. The Morgan fingerprint density at radius 1 is 1.12 bits per heavy atom. The van der Waals surface area contributed by atoms with E-state index in [2.05, 4.69) is 11.4 Å². The highest BCUT2D eigenvalue weighted by atomic mass is 35.5. The van der Waals surface area contributed by atoms with Gasteiger partial charge in [-0.3, -0.25) is 9.59 Å². The topological polar surface area (TPSA) is 40.6 Å². The summed E-state index contributed by atoms with van der Waals surface area (Å²) in [6.07, 6.45) is 1.56.